The highest BCUT2D eigenvalue weighted by molar-refractivity contribution is 5.90. The number of likely N-dealkylation sites (N-methyl/N-ethyl adjacent to an activating group) is 1. The third kappa shape index (κ3) is 6.06. The van der Waals surface area contributed by atoms with Gasteiger partial charge in [0.05, 0.1) is 12.0 Å². The van der Waals surface area contributed by atoms with Crippen molar-refractivity contribution >= 4 is 17.6 Å². The summed E-state index contributed by atoms with van der Waals surface area (Å²) in [7, 11) is 4.00. The Bertz CT molecular complexity index is 795. The molecule has 2 N–H and O–H groups in total. The summed E-state index contributed by atoms with van der Waals surface area (Å²) in [6, 6.07) is 19.2. The molecular weight excluding hydrogens is 364 g/mol. The maximum atomic E-state index is 13.0. The van der Waals surface area contributed by atoms with Crippen molar-refractivity contribution in [2.24, 2.45) is 5.92 Å². The van der Waals surface area contributed by atoms with Crippen LogP contribution in [0.25, 0.3) is 0 Å². The average Bonchev–Trinajstić information content (AvgIpc) is 2.74. The smallest absolute Gasteiger partial charge is 0.321 e. The summed E-state index contributed by atoms with van der Waals surface area (Å²) in [4.78, 5) is 29.4. The molecule has 2 aromatic rings. The van der Waals surface area contributed by atoms with Gasteiger partial charge in [-0.3, -0.25) is 4.79 Å². The fraction of sp³-hybridized carbons (Fsp3) is 0.391. The Morgan fingerprint density at radius 3 is 2.38 bits per heavy atom. The van der Waals surface area contributed by atoms with Crippen molar-refractivity contribution in [2.45, 2.75) is 18.9 Å². The number of amides is 3. The summed E-state index contributed by atoms with van der Waals surface area (Å²) in [5.41, 5.74) is 1.85. The molecule has 1 aliphatic heterocycles. The molecule has 3 amide bonds. The highest BCUT2D eigenvalue weighted by Gasteiger charge is 2.30. The lowest BCUT2D eigenvalue weighted by Gasteiger charge is -2.33. The van der Waals surface area contributed by atoms with Gasteiger partial charge in [-0.25, -0.2) is 4.79 Å². The van der Waals surface area contributed by atoms with Gasteiger partial charge in [-0.05, 0) is 44.6 Å². The molecule has 0 bridgehead atoms. The molecular formula is C23H30N4O2. The second-order valence-corrected chi connectivity index (χ2v) is 7.82. The first-order chi connectivity index (χ1) is 14.0. The van der Waals surface area contributed by atoms with Gasteiger partial charge in [0, 0.05) is 25.3 Å². The Kier molecular flexibility index (Phi) is 7.25. The number of nitrogens with one attached hydrogen (secondary N) is 2. The molecule has 6 heteroatoms. The van der Waals surface area contributed by atoms with E-state index in [1.807, 2.05) is 74.8 Å². The number of para-hydroxylation sites is 1. The largest absolute Gasteiger partial charge is 0.348 e. The number of hydrogen-bond donors (Lipinski definition) is 2. The van der Waals surface area contributed by atoms with E-state index in [2.05, 4.69) is 15.5 Å². The molecule has 0 aromatic heterocycles. The standard InChI is InChI=1S/C23H30N4O2/c1-26(2)17-21(18-10-5-3-6-11-18)25-22(28)19-12-9-15-27(16-19)23(29)24-20-13-7-4-8-14-20/h3-8,10-11,13-14,19,21H,9,12,15-17H2,1-2H3,(H,24,29)(H,25,28)/t19-,21-/m0/s1. The van der Waals surface area contributed by atoms with Crippen molar-refractivity contribution < 1.29 is 9.59 Å². The summed E-state index contributed by atoms with van der Waals surface area (Å²) >= 11 is 0. The first kappa shape index (κ1) is 20.9. The third-order valence-electron chi connectivity index (χ3n) is 5.17. The number of likely N-dealkylation sites (tertiary alicyclic amines) is 1. The number of urea groups is 1. The molecule has 1 saturated heterocycles. The van der Waals surface area contributed by atoms with Crippen LogP contribution < -0.4 is 10.6 Å². The predicted octanol–water partition coefficient (Wildman–Crippen LogP) is 3.35. The molecule has 0 aliphatic carbocycles. The molecule has 0 saturated carbocycles. The van der Waals surface area contributed by atoms with Crippen LogP contribution >= 0.6 is 0 Å². The highest BCUT2D eigenvalue weighted by Crippen LogP contribution is 2.20. The zero-order valence-corrected chi connectivity index (χ0v) is 17.2. The number of carbonyl (C=O) groups excluding carboxylic acids is 2. The van der Waals surface area contributed by atoms with E-state index in [0.29, 0.717) is 13.1 Å². The van der Waals surface area contributed by atoms with E-state index in [1.54, 1.807) is 4.90 Å². The molecule has 1 fully saturated rings. The maximum absolute atomic E-state index is 13.0. The molecule has 3 rings (SSSR count). The summed E-state index contributed by atoms with van der Waals surface area (Å²) in [5.74, 6) is -0.184. The highest BCUT2D eigenvalue weighted by atomic mass is 16.2. The minimum absolute atomic E-state index is 0.0120. The number of hydrogen-bond acceptors (Lipinski definition) is 3. The van der Waals surface area contributed by atoms with Gasteiger partial charge in [0.25, 0.3) is 0 Å². The molecule has 1 aliphatic rings. The van der Waals surface area contributed by atoms with Crippen molar-refractivity contribution in [3.63, 3.8) is 0 Å². The van der Waals surface area contributed by atoms with Gasteiger partial charge in [0.1, 0.15) is 0 Å². The summed E-state index contributed by atoms with van der Waals surface area (Å²) in [5, 5.41) is 6.12. The van der Waals surface area contributed by atoms with E-state index in [-0.39, 0.29) is 23.9 Å². The molecule has 6 nitrogen and oxygen atoms in total. The maximum Gasteiger partial charge on any atom is 0.321 e. The average molecular weight is 395 g/mol. The van der Waals surface area contributed by atoms with E-state index in [4.69, 9.17) is 0 Å². The predicted molar refractivity (Wildman–Crippen MR) is 116 cm³/mol. The van der Waals surface area contributed by atoms with Gasteiger partial charge in [-0.15, -0.1) is 0 Å². The fourth-order valence-corrected chi connectivity index (χ4v) is 3.67. The van der Waals surface area contributed by atoms with Crippen LogP contribution in [0.4, 0.5) is 10.5 Å². The second-order valence-electron chi connectivity index (χ2n) is 7.82. The van der Waals surface area contributed by atoms with E-state index >= 15 is 0 Å². The monoisotopic (exact) mass is 394 g/mol. The number of piperidine rings is 1. The van der Waals surface area contributed by atoms with Crippen LogP contribution in [0.5, 0.6) is 0 Å². The number of anilines is 1. The number of carbonyl (C=O) groups is 2. The molecule has 2 atom stereocenters. The fourth-order valence-electron chi connectivity index (χ4n) is 3.67. The van der Waals surface area contributed by atoms with Crippen LogP contribution in [0.3, 0.4) is 0 Å². The van der Waals surface area contributed by atoms with E-state index in [1.165, 1.54) is 0 Å². The van der Waals surface area contributed by atoms with E-state index in [9.17, 15) is 9.59 Å². The van der Waals surface area contributed by atoms with Crippen LogP contribution in [-0.4, -0.2) is 55.5 Å². The summed E-state index contributed by atoms with van der Waals surface area (Å²) < 4.78 is 0. The van der Waals surface area contributed by atoms with Crippen LogP contribution in [0.2, 0.25) is 0 Å². The Morgan fingerprint density at radius 1 is 1.07 bits per heavy atom. The van der Waals surface area contributed by atoms with Gasteiger partial charge in [-0.2, -0.15) is 0 Å². The van der Waals surface area contributed by atoms with Crippen LogP contribution in [0.15, 0.2) is 60.7 Å². The normalized spacial score (nSPS) is 17.6. The number of nitrogens with zero attached hydrogens (tertiary/aromatic N) is 2. The molecule has 1 heterocycles. The zero-order valence-electron chi connectivity index (χ0n) is 17.2. The summed E-state index contributed by atoms with van der Waals surface area (Å²) in [6.45, 7) is 1.83. The van der Waals surface area contributed by atoms with Crippen molar-refractivity contribution in [1.82, 2.24) is 15.1 Å². The van der Waals surface area contributed by atoms with Crippen LogP contribution in [0, 0.1) is 5.92 Å². The molecule has 0 spiro atoms. The Balaban J connectivity index is 1.61. The van der Waals surface area contributed by atoms with Gasteiger partial charge in [0.15, 0.2) is 0 Å². The second kappa shape index (κ2) is 10.1. The first-order valence-electron chi connectivity index (χ1n) is 10.1. The lowest BCUT2D eigenvalue weighted by Crippen LogP contribution is -2.48. The topological polar surface area (TPSA) is 64.7 Å². The summed E-state index contributed by atoms with van der Waals surface area (Å²) in [6.07, 6.45) is 1.62. The Labute approximate surface area is 172 Å². The van der Waals surface area contributed by atoms with Crippen molar-refractivity contribution in [2.75, 3.05) is 39.0 Å². The van der Waals surface area contributed by atoms with Gasteiger partial charge >= 0.3 is 6.03 Å². The SMILES string of the molecule is CN(C)C[C@H](NC(=O)[C@H]1CCCN(C(=O)Nc2ccccc2)C1)c1ccccc1. The molecule has 29 heavy (non-hydrogen) atoms. The minimum atomic E-state index is -0.196. The van der Waals surface area contributed by atoms with Gasteiger partial charge in [-0.1, -0.05) is 48.5 Å². The zero-order chi connectivity index (χ0) is 20.6. The number of rotatable bonds is 6. The minimum Gasteiger partial charge on any atom is -0.348 e. The Morgan fingerprint density at radius 2 is 1.72 bits per heavy atom. The number of benzene rings is 2. The van der Waals surface area contributed by atoms with Gasteiger partial charge in [0.2, 0.25) is 5.91 Å². The van der Waals surface area contributed by atoms with Crippen LogP contribution in [-0.2, 0) is 4.79 Å². The first-order valence-corrected chi connectivity index (χ1v) is 10.1. The third-order valence-corrected chi connectivity index (χ3v) is 5.17. The van der Waals surface area contributed by atoms with Crippen molar-refractivity contribution in [3.8, 4) is 0 Å². The van der Waals surface area contributed by atoms with E-state index in [0.717, 1.165) is 30.6 Å². The molecule has 0 radical (unpaired) electrons. The quantitative estimate of drug-likeness (QED) is 0.790. The Hall–Kier alpha value is -2.86. The van der Waals surface area contributed by atoms with Crippen molar-refractivity contribution in [1.29, 1.82) is 0 Å². The lowest BCUT2D eigenvalue weighted by atomic mass is 9.96. The molecule has 0 unspecified atom stereocenters. The lowest BCUT2D eigenvalue weighted by molar-refractivity contribution is -0.127. The molecule has 154 valence electrons. The van der Waals surface area contributed by atoms with Crippen LogP contribution in [0.1, 0.15) is 24.4 Å². The van der Waals surface area contributed by atoms with Gasteiger partial charge < -0.3 is 20.4 Å². The van der Waals surface area contributed by atoms with Crippen molar-refractivity contribution in [3.05, 3.63) is 66.2 Å². The molecule has 2 aromatic carbocycles. The van der Waals surface area contributed by atoms with E-state index < -0.39 is 0 Å².